The first kappa shape index (κ1) is 35.5. The maximum atomic E-state index is 12.6. The van der Waals surface area contributed by atoms with Gasteiger partial charge in [-0.25, -0.2) is 19.3 Å². The molecule has 0 saturated carbocycles. The van der Waals surface area contributed by atoms with Gasteiger partial charge < -0.3 is 24.4 Å². The highest BCUT2D eigenvalue weighted by Crippen LogP contribution is 2.32. The normalized spacial score (nSPS) is 11.7. The Morgan fingerprint density at radius 2 is 1.16 bits per heavy atom. The third-order valence-corrected chi connectivity index (χ3v) is 7.00. The number of nitrogens with zero attached hydrogens (tertiary/aromatic N) is 2. The molecule has 0 aliphatic carbocycles. The minimum Gasteiger partial charge on any atom is -0.493 e. The minimum atomic E-state index is -1.45. The van der Waals surface area contributed by atoms with Crippen LogP contribution in [-0.4, -0.2) is 56.4 Å². The number of aromatic carboxylic acids is 2. The number of non-ortho nitro benzene ring substituents is 2. The average Bonchev–Trinajstić information content (AvgIpc) is 3.07. The standard InChI is InChI=1S/C33H28N2O14/c1-33(2,17-46-22-7-3-19(4-8-22)29(49-45)27-15-20(34(41)42)5-13-25(27)30(36)37)18-47-23-9-11-24(12-10-23)48-32(40)28-16-21(35(43)44)6-14-26(28)31(38)39/h3-16,29,45H,17-18H2,1-2H3,(H,36,37)(H,38,39). The molecule has 0 radical (unpaired) electrons. The van der Waals surface area contributed by atoms with Crippen molar-refractivity contribution in [2.45, 2.75) is 20.0 Å². The smallest absolute Gasteiger partial charge is 0.344 e. The van der Waals surface area contributed by atoms with Crippen LogP contribution in [0.1, 0.15) is 62.2 Å². The number of rotatable bonds is 15. The van der Waals surface area contributed by atoms with Crippen molar-refractivity contribution in [3.8, 4) is 17.2 Å². The molecule has 0 heterocycles. The van der Waals surface area contributed by atoms with Crippen LogP contribution in [0.15, 0.2) is 84.9 Å². The SMILES string of the molecule is CC(C)(COc1ccc(OC(=O)c2cc([N+](=O)[O-])ccc2C(=O)O)cc1)COc1ccc(C(OO)c2cc([N+](=O)[O-])ccc2C(=O)O)cc1. The molecular weight excluding hydrogens is 648 g/mol. The zero-order chi connectivity index (χ0) is 35.9. The summed E-state index contributed by atoms with van der Waals surface area (Å²) in [5.74, 6) is -3.01. The number of carbonyl (C=O) groups is 3. The second-order valence-corrected chi connectivity index (χ2v) is 11.3. The number of carbonyl (C=O) groups excluding carboxylic acids is 1. The van der Waals surface area contributed by atoms with Crippen LogP contribution < -0.4 is 14.2 Å². The molecule has 0 fully saturated rings. The first-order valence-electron chi connectivity index (χ1n) is 14.2. The van der Waals surface area contributed by atoms with Gasteiger partial charge in [0, 0.05) is 35.2 Å². The Labute approximate surface area is 276 Å². The molecule has 0 bridgehead atoms. The summed E-state index contributed by atoms with van der Waals surface area (Å²) in [6.07, 6.45) is -1.33. The van der Waals surface area contributed by atoms with Crippen molar-refractivity contribution < 1.29 is 58.8 Å². The highest BCUT2D eigenvalue weighted by atomic mass is 17.1. The molecule has 16 heteroatoms. The molecule has 3 N–H and O–H groups in total. The Morgan fingerprint density at radius 3 is 1.65 bits per heavy atom. The molecule has 0 aromatic heterocycles. The molecule has 4 aromatic carbocycles. The first-order valence-corrected chi connectivity index (χ1v) is 14.2. The monoisotopic (exact) mass is 676 g/mol. The van der Waals surface area contributed by atoms with Gasteiger partial charge in [0.15, 0.2) is 0 Å². The number of hydrogen-bond donors (Lipinski definition) is 3. The Bertz CT molecular complexity index is 1890. The van der Waals surface area contributed by atoms with Crippen LogP contribution in [0.25, 0.3) is 0 Å². The number of nitro benzene ring substituents is 2. The van der Waals surface area contributed by atoms with Crippen molar-refractivity contribution >= 4 is 29.3 Å². The molecule has 1 atom stereocenters. The van der Waals surface area contributed by atoms with Crippen LogP contribution >= 0.6 is 0 Å². The van der Waals surface area contributed by atoms with Crippen LogP contribution in [0.3, 0.4) is 0 Å². The van der Waals surface area contributed by atoms with Gasteiger partial charge in [-0.3, -0.25) is 25.5 Å². The Hall–Kier alpha value is -6.39. The number of ether oxygens (including phenoxy) is 3. The van der Waals surface area contributed by atoms with Crippen LogP contribution in [0.2, 0.25) is 0 Å². The summed E-state index contributed by atoms with van der Waals surface area (Å²) in [7, 11) is 0. The molecule has 4 rings (SSSR count). The van der Waals surface area contributed by atoms with E-state index in [1.54, 1.807) is 12.1 Å². The number of esters is 1. The fourth-order valence-electron chi connectivity index (χ4n) is 4.48. The van der Waals surface area contributed by atoms with E-state index in [1.165, 1.54) is 36.4 Å². The second-order valence-electron chi connectivity index (χ2n) is 11.3. The molecule has 16 nitrogen and oxygen atoms in total. The van der Waals surface area contributed by atoms with Crippen LogP contribution in [0.4, 0.5) is 11.4 Å². The topological polar surface area (TPSA) is 235 Å². The van der Waals surface area contributed by atoms with Gasteiger partial charge in [0.05, 0.1) is 39.8 Å². The van der Waals surface area contributed by atoms with Gasteiger partial charge in [-0.2, -0.15) is 0 Å². The van der Waals surface area contributed by atoms with Gasteiger partial charge in [0.25, 0.3) is 11.4 Å². The number of hydrogen-bond acceptors (Lipinski definition) is 12. The zero-order valence-corrected chi connectivity index (χ0v) is 25.8. The summed E-state index contributed by atoms with van der Waals surface area (Å²) >= 11 is 0. The molecule has 0 aliphatic heterocycles. The predicted octanol–water partition coefficient (Wildman–Crippen LogP) is 6.18. The van der Waals surface area contributed by atoms with E-state index in [2.05, 4.69) is 4.89 Å². The molecule has 0 spiro atoms. The van der Waals surface area contributed by atoms with E-state index >= 15 is 0 Å². The Kier molecular flexibility index (Phi) is 10.9. The van der Waals surface area contributed by atoms with Crippen molar-refractivity contribution in [3.05, 3.63) is 133 Å². The fourth-order valence-corrected chi connectivity index (χ4v) is 4.48. The third kappa shape index (κ3) is 8.91. The van der Waals surface area contributed by atoms with E-state index in [0.717, 1.165) is 36.4 Å². The van der Waals surface area contributed by atoms with Gasteiger partial charge in [0.1, 0.15) is 23.4 Å². The maximum absolute atomic E-state index is 12.6. The fraction of sp³-hybridized carbons (Fsp3) is 0.182. The molecule has 0 saturated heterocycles. The summed E-state index contributed by atoms with van der Waals surface area (Å²) in [5, 5.41) is 50.8. The summed E-state index contributed by atoms with van der Waals surface area (Å²) in [6.45, 7) is 4.13. The van der Waals surface area contributed by atoms with Gasteiger partial charge in [-0.05, 0) is 54.1 Å². The second kappa shape index (κ2) is 15.0. The van der Waals surface area contributed by atoms with Crippen molar-refractivity contribution in [3.63, 3.8) is 0 Å². The number of carboxylic acids is 2. The van der Waals surface area contributed by atoms with Gasteiger partial charge in [-0.1, -0.05) is 26.0 Å². The number of benzene rings is 4. The summed E-state index contributed by atoms with van der Waals surface area (Å²) in [5.41, 5.74) is -2.39. The van der Waals surface area contributed by atoms with Gasteiger partial charge in [0.2, 0.25) is 0 Å². The number of nitro groups is 2. The van der Waals surface area contributed by atoms with E-state index < -0.39 is 56.1 Å². The summed E-state index contributed by atoms with van der Waals surface area (Å²) in [4.78, 5) is 61.2. The van der Waals surface area contributed by atoms with Crippen LogP contribution in [0.5, 0.6) is 17.2 Å². The highest BCUT2D eigenvalue weighted by Gasteiger charge is 2.26. The molecular formula is C33H28N2O14. The Morgan fingerprint density at radius 1 is 0.694 bits per heavy atom. The third-order valence-electron chi connectivity index (χ3n) is 7.00. The summed E-state index contributed by atoms with van der Waals surface area (Å²) < 4.78 is 17.0. The molecule has 254 valence electrons. The van der Waals surface area contributed by atoms with E-state index in [-0.39, 0.29) is 35.8 Å². The lowest BCUT2D eigenvalue weighted by atomic mass is 9.95. The lowest BCUT2D eigenvalue weighted by Gasteiger charge is -2.25. The summed E-state index contributed by atoms with van der Waals surface area (Å²) in [6, 6.07) is 17.9. The van der Waals surface area contributed by atoms with Crippen molar-refractivity contribution in [2.24, 2.45) is 5.41 Å². The van der Waals surface area contributed by atoms with Crippen molar-refractivity contribution in [2.75, 3.05) is 13.2 Å². The van der Waals surface area contributed by atoms with Gasteiger partial charge >= 0.3 is 17.9 Å². The number of carboxylic acid groups (broad SMARTS) is 2. The quantitative estimate of drug-likeness (QED) is 0.0419. The minimum absolute atomic E-state index is 0.0461. The largest absolute Gasteiger partial charge is 0.493 e. The van der Waals surface area contributed by atoms with Crippen molar-refractivity contribution in [1.82, 2.24) is 0 Å². The zero-order valence-electron chi connectivity index (χ0n) is 25.8. The van der Waals surface area contributed by atoms with E-state index in [0.29, 0.717) is 17.1 Å². The average molecular weight is 677 g/mol. The van der Waals surface area contributed by atoms with Crippen molar-refractivity contribution in [1.29, 1.82) is 0 Å². The predicted molar refractivity (Wildman–Crippen MR) is 168 cm³/mol. The molecule has 0 aliphatic rings. The lowest BCUT2D eigenvalue weighted by molar-refractivity contribution is -0.385. The molecule has 1 unspecified atom stereocenters. The molecule has 4 aromatic rings. The lowest BCUT2D eigenvalue weighted by Crippen LogP contribution is -2.28. The van der Waals surface area contributed by atoms with Crippen LogP contribution in [0, 0.1) is 25.6 Å². The first-order chi connectivity index (χ1) is 23.2. The van der Waals surface area contributed by atoms with E-state index in [1.807, 2.05) is 13.8 Å². The Balaban J connectivity index is 1.35. The van der Waals surface area contributed by atoms with E-state index in [4.69, 9.17) is 14.2 Å². The molecule has 0 amide bonds. The van der Waals surface area contributed by atoms with E-state index in [9.17, 15) is 50.1 Å². The molecule has 49 heavy (non-hydrogen) atoms. The van der Waals surface area contributed by atoms with Gasteiger partial charge in [-0.15, -0.1) is 0 Å². The maximum Gasteiger partial charge on any atom is 0.344 e. The van der Waals surface area contributed by atoms with Crippen LogP contribution in [-0.2, 0) is 4.89 Å². The highest BCUT2D eigenvalue weighted by molar-refractivity contribution is 6.03.